The van der Waals surface area contributed by atoms with Gasteiger partial charge in [-0.05, 0) is 42.0 Å². The number of aliphatic carboxylic acids is 1. The summed E-state index contributed by atoms with van der Waals surface area (Å²) in [5, 5.41) is 20.6. The number of benzene rings is 1. The average molecular weight is 240 g/mol. The summed E-state index contributed by atoms with van der Waals surface area (Å²) < 4.78 is 0. The van der Waals surface area contributed by atoms with Gasteiger partial charge in [0.25, 0.3) is 0 Å². The van der Waals surface area contributed by atoms with E-state index in [1.807, 2.05) is 24.3 Å². The first-order valence-corrected chi connectivity index (χ1v) is 5.36. The second-order valence-corrected chi connectivity index (χ2v) is 3.99. The molecule has 0 aromatic heterocycles. The summed E-state index contributed by atoms with van der Waals surface area (Å²) in [6, 6.07) is 7.60. The van der Waals surface area contributed by atoms with Gasteiger partial charge < -0.3 is 15.0 Å². The Balaban J connectivity index is 0.00000144. The molecule has 0 spiro atoms. The fraction of sp³-hybridized carbons (Fsp3) is 0.308. The van der Waals surface area contributed by atoms with Gasteiger partial charge in [0, 0.05) is 0 Å². The number of carbonyl (C=O) groups excluding carboxylic acids is 1. The normalized spacial score (nSPS) is 21.2. The number of rotatable bonds is 1. The SMILES string of the molecule is O=C([O-])/C=C1\CCCc2ccccc2C1O.[Na+]. The molecule has 3 nitrogen and oxygen atoms in total. The fourth-order valence-electron chi connectivity index (χ4n) is 2.15. The predicted octanol–water partition coefficient (Wildman–Crippen LogP) is -2.26. The van der Waals surface area contributed by atoms with Gasteiger partial charge in [-0.1, -0.05) is 24.3 Å². The summed E-state index contributed by atoms with van der Waals surface area (Å²) in [4.78, 5) is 10.5. The first kappa shape index (κ1) is 14.5. The van der Waals surface area contributed by atoms with E-state index in [1.165, 1.54) is 0 Å². The summed E-state index contributed by atoms with van der Waals surface area (Å²) >= 11 is 0. The average Bonchev–Trinajstić information content (AvgIpc) is 2.40. The van der Waals surface area contributed by atoms with E-state index in [1.54, 1.807) is 0 Å². The zero-order chi connectivity index (χ0) is 11.5. The Hall–Kier alpha value is -0.610. The molecule has 0 fully saturated rings. The second kappa shape index (κ2) is 6.36. The van der Waals surface area contributed by atoms with Crippen molar-refractivity contribution in [2.45, 2.75) is 25.4 Å². The Morgan fingerprint density at radius 1 is 1.35 bits per heavy atom. The Morgan fingerprint density at radius 2 is 2.06 bits per heavy atom. The molecule has 1 atom stereocenters. The van der Waals surface area contributed by atoms with Crippen LogP contribution in [0.3, 0.4) is 0 Å². The van der Waals surface area contributed by atoms with Gasteiger partial charge in [0.1, 0.15) is 6.10 Å². The van der Waals surface area contributed by atoms with E-state index in [9.17, 15) is 15.0 Å². The summed E-state index contributed by atoms with van der Waals surface area (Å²) in [7, 11) is 0. The molecule has 0 radical (unpaired) electrons. The minimum absolute atomic E-state index is 0. The second-order valence-electron chi connectivity index (χ2n) is 3.99. The van der Waals surface area contributed by atoms with Crippen molar-refractivity contribution in [3.05, 3.63) is 47.0 Å². The molecule has 1 N–H and O–H groups in total. The summed E-state index contributed by atoms with van der Waals surface area (Å²) in [5.74, 6) is -1.24. The van der Waals surface area contributed by atoms with E-state index in [2.05, 4.69) is 0 Å². The number of hydrogen-bond donors (Lipinski definition) is 1. The number of aliphatic hydroxyl groups excluding tert-OH is 1. The zero-order valence-corrected chi connectivity index (χ0v) is 11.8. The van der Waals surface area contributed by atoms with Gasteiger partial charge in [-0.15, -0.1) is 0 Å². The number of aliphatic hydroxyl groups is 1. The molecule has 0 heterocycles. The van der Waals surface area contributed by atoms with Crippen molar-refractivity contribution < 1.29 is 44.6 Å². The van der Waals surface area contributed by atoms with E-state index in [0.717, 1.165) is 30.0 Å². The monoisotopic (exact) mass is 240 g/mol. The van der Waals surface area contributed by atoms with E-state index >= 15 is 0 Å². The zero-order valence-electron chi connectivity index (χ0n) is 9.85. The van der Waals surface area contributed by atoms with Crippen molar-refractivity contribution in [3.8, 4) is 0 Å². The van der Waals surface area contributed by atoms with Gasteiger partial charge in [0.2, 0.25) is 0 Å². The third-order valence-corrected chi connectivity index (χ3v) is 2.92. The van der Waals surface area contributed by atoms with Crippen molar-refractivity contribution in [3.63, 3.8) is 0 Å². The number of carboxylic acid groups (broad SMARTS) is 1. The van der Waals surface area contributed by atoms with Crippen LogP contribution in [0.5, 0.6) is 0 Å². The molecular weight excluding hydrogens is 227 g/mol. The molecule has 1 unspecified atom stereocenters. The molecule has 0 bridgehead atoms. The minimum atomic E-state index is -1.24. The van der Waals surface area contributed by atoms with Crippen LogP contribution in [0.15, 0.2) is 35.9 Å². The van der Waals surface area contributed by atoms with Crippen LogP contribution < -0.4 is 34.7 Å². The van der Waals surface area contributed by atoms with Gasteiger partial charge in [-0.2, -0.15) is 0 Å². The van der Waals surface area contributed by atoms with E-state index in [4.69, 9.17) is 0 Å². The molecule has 4 heteroatoms. The summed E-state index contributed by atoms with van der Waals surface area (Å²) in [6.45, 7) is 0. The Bertz CT molecular complexity index is 440. The molecule has 84 valence electrons. The van der Waals surface area contributed by atoms with Gasteiger partial charge in [-0.3, -0.25) is 0 Å². The third-order valence-electron chi connectivity index (χ3n) is 2.92. The Labute approximate surface area is 122 Å². The molecule has 0 saturated carbocycles. The maximum Gasteiger partial charge on any atom is 1.00 e. The van der Waals surface area contributed by atoms with Crippen LogP contribution in [-0.2, 0) is 11.2 Å². The van der Waals surface area contributed by atoms with Crippen LogP contribution in [0.25, 0.3) is 0 Å². The van der Waals surface area contributed by atoms with Crippen LogP contribution in [0.1, 0.15) is 30.1 Å². The molecule has 1 aliphatic rings. The summed E-state index contributed by atoms with van der Waals surface area (Å²) in [5.41, 5.74) is 2.44. The van der Waals surface area contributed by atoms with Gasteiger partial charge in [0.15, 0.2) is 0 Å². The van der Waals surface area contributed by atoms with Gasteiger partial charge >= 0.3 is 29.6 Å². The standard InChI is InChI=1S/C13H14O3.Na/c14-12(15)8-10-6-3-5-9-4-1-2-7-11(9)13(10)16;/h1-2,4,7-8,13,16H,3,5-6H2,(H,14,15);/q;+1/p-1/b10-8+;. The van der Waals surface area contributed by atoms with Crippen molar-refractivity contribution >= 4 is 5.97 Å². The molecule has 0 saturated heterocycles. The quantitative estimate of drug-likeness (QED) is 0.342. The van der Waals surface area contributed by atoms with E-state index in [-0.39, 0.29) is 29.6 Å². The summed E-state index contributed by atoms with van der Waals surface area (Å²) in [6.07, 6.45) is 2.54. The van der Waals surface area contributed by atoms with Crippen molar-refractivity contribution in [1.29, 1.82) is 0 Å². The first-order chi connectivity index (χ1) is 7.68. The maximum absolute atomic E-state index is 10.5. The molecular formula is C13H13NaO3. The molecule has 1 aromatic carbocycles. The maximum atomic E-state index is 10.5. The number of aryl methyl sites for hydroxylation is 1. The van der Waals surface area contributed by atoms with Crippen molar-refractivity contribution in [1.82, 2.24) is 0 Å². The molecule has 0 amide bonds. The smallest absolute Gasteiger partial charge is 0.545 e. The Morgan fingerprint density at radius 3 is 2.76 bits per heavy atom. The van der Waals surface area contributed by atoms with Crippen LogP contribution in [-0.4, -0.2) is 11.1 Å². The fourth-order valence-corrected chi connectivity index (χ4v) is 2.15. The number of hydrogen-bond acceptors (Lipinski definition) is 3. The molecule has 1 aromatic rings. The van der Waals surface area contributed by atoms with Gasteiger partial charge in [-0.25, -0.2) is 0 Å². The molecule has 1 aliphatic carbocycles. The van der Waals surface area contributed by atoms with Crippen molar-refractivity contribution in [2.24, 2.45) is 0 Å². The van der Waals surface area contributed by atoms with E-state index < -0.39 is 12.1 Å². The van der Waals surface area contributed by atoms with Crippen LogP contribution in [0.2, 0.25) is 0 Å². The molecule has 17 heavy (non-hydrogen) atoms. The first-order valence-electron chi connectivity index (χ1n) is 5.36. The topological polar surface area (TPSA) is 60.4 Å². The third kappa shape index (κ3) is 3.42. The number of carbonyl (C=O) groups is 1. The van der Waals surface area contributed by atoms with E-state index in [0.29, 0.717) is 12.0 Å². The number of fused-ring (bicyclic) bond motifs is 1. The van der Waals surface area contributed by atoms with Gasteiger partial charge in [0.05, 0.1) is 5.97 Å². The molecule has 0 aliphatic heterocycles. The van der Waals surface area contributed by atoms with Crippen molar-refractivity contribution in [2.75, 3.05) is 0 Å². The Kier molecular flexibility index (Phi) is 5.40. The van der Waals surface area contributed by atoms with Crippen LogP contribution in [0.4, 0.5) is 0 Å². The minimum Gasteiger partial charge on any atom is -0.545 e. The number of carboxylic acids is 1. The largest absolute Gasteiger partial charge is 1.00 e. The predicted molar refractivity (Wildman–Crippen MR) is 57.4 cm³/mol. The molecule has 2 rings (SSSR count). The van der Waals surface area contributed by atoms with Crippen LogP contribution >= 0.6 is 0 Å². The van der Waals surface area contributed by atoms with Crippen LogP contribution in [0, 0.1) is 0 Å².